The van der Waals surface area contributed by atoms with Crippen molar-refractivity contribution in [2.24, 2.45) is 5.92 Å². The van der Waals surface area contributed by atoms with Crippen molar-refractivity contribution < 1.29 is 28.5 Å². The van der Waals surface area contributed by atoms with E-state index in [9.17, 15) is 9.59 Å². The number of nitrogens with zero attached hydrogens (tertiary/aromatic N) is 1. The van der Waals surface area contributed by atoms with Gasteiger partial charge in [0, 0.05) is 5.92 Å². The van der Waals surface area contributed by atoms with Gasteiger partial charge >= 0.3 is 12.1 Å². The zero-order valence-electron chi connectivity index (χ0n) is 20.3. The van der Waals surface area contributed by atoms with Gasteiger partial charge in [-0.1, -0.05) is 18.2 Å². The van der Waals surface area contributed by atoms with E-state index in [-0.39, 0.29) is 19.2 Å². The molecule has 1 fully saturated rings. The summed E-state index contributed by atoms with van der Waals surface area (Å²) < 4.78 is 22.5. The molecular formula is C25H37NO6. The van der Waals surface area contributed by atoms with E-state index in [1.165, 1.54) is 0 Å². The summed E-state index contributed by atoms with van der Waals surface area (Å²) in [6.07, 6.45) is 1.62. The maximum atomic E-state index is 13.3. The molecule has 0 spiro atoms. The molecule has 1 aromatic rings. The van der Waals surface area contributed by atoms with Crippen LogP contribution in [0.4, 0.5) is 4.79 Å². The summed E-state index contributed by atoms with van der Waals surface area (Å²) in [6.45, 7) is 15.3. The Bertz CT molecular complexity index is 796. The second-order valence-electron chi connectivity index (χ2n) is 9.36. The molecule has 0 radical (unpaired) electrons. The molecule has 1 saturated heterocycles. The molecule has 0 N–H and O–H groups in total. The van der Waals surface area contributed by atoms with Crippen LogP contribution in [0.15, 0.2) is 36.9 Å². The van der Waals surface area contributed by atoms with Gasteiger partial charge in [-0.3, -0.25) is 9.69 Å². The maximum Gasteiger partial charge on any atom is 0.412 e. The van der Waals surface area contributed by atoms with Crippen LogP contribution in [-0.2, 0) is 19.0 Å². The lowest BCUT2D eigenvalue weighted by molar-refractivity contribution is -0.149. The molecular weight excluding hydrogens is 410 g/mol. The van der Waals surface area contributed by atoms with Gasteiger partial charge in [0.15, 0.2) is 0 Å². The summed E-state index contributed by atoms with van der Waals surface area (Å²) in [7, 11) is 1.60. The number of esters is 1. The van der Waals surface area contributed by atoms with Gasteiger partial charge in [-0.15, -0.1) is 6.58 Å². The maximum absolute atomic E-state index is 13.3. The van der Waals surface area contributed by atoms with Gasteiger partial charge in [0.05, 0.1) is 32.3 Å². The third kappa shape index (κ3) is 6.03. The van der Waals surface area contributed by atoms with Crippen molar-refractivity contribution in [3.05, 3.63) is 42.5 Å². The van der Waals surface area contributed by atoms with Gasteiger partial charge in [0.2, 0.25) is 0 Å². The van der Waals surface area contributed by atoms with Gasteiger partial charge < -0.3 is 18.9 Å². The van der Waals surface area contributed by atoms with Gasteiger partial charge in [-0.2, -0.15) is 0 Å². The topological polar surface area (TPSA) is 74.3 Å². The average Bonchev–Trinajstić information content (AvgIpc) is 3.02. The molecule has 7 nitrogen and oxygen atoms in total. The number of hydrogen-bond donors (Lipinski definition) is 0. The first-order valence-corrected chi connectivity index (χ1v) is 11.0. The number of hydrogen-bond acceptors (Lipinski definition) is 6. The Kier molecular flexibility index (Phi) is 8.35. The van der Waals surface area contributed by atoms with Crippen LogP contribution in [0.3, 0.4) is 0 Å². The van der Waals surface area contributed by atoms with E-state index in [2.05, 4.69) is 6.58 Å². The Morgan fingerprint density at radius 1 is 1.28 bits per heavy atom. The first kappa shape index (κ1) is 25.7. The number of ether oxygens (including phenoxy) is 4. The predicted molar refractivity (Wildman–Crippen MR) is 123 cm³/mol. The van der Waals surface area contributed by atoms with E-state index in [1.54, 1.807) is 25.0 Å². The molecule has 32 heavy (non-hydrogen) atoms. The molecule has 0 aromatic heterocycles. The Morgan fingerprint density at radius 3 is 2.41 bits per heavy atom. The SMILES string of the molecule is C=CC[C@H](C(=O)OCC)[C@H](c1ccc(OC)cc1)[C@@H]1COC(C)(C)N1C(=O)OC(C)(C)C. The summed E-state index contributed by atoms with van der Waals surface area (Å²) in [6, 6.07) is 7.08. The standard InChI is InChI=1S/C25H37NO6/c1-9-11-19(22(27)30-10-2)21(17-12-14-18(29-8)15-13-17)20-16-31-25(6,7)26(20)23(28)32-24(3,4)5/h9,12-15,19-21H,1,10-11,16H2,2-8H3/t19-,20-,21-/m0/s1. The molecule has 3 atom stereocenters. The van der Waals surface area contributed by atoms with Crippen LogP contribution >= 0.6 is 0 Å². The molecule has 0 unspecified atom stereocenters. The minimum absolute atomic E-state index is 0.260. The van der Waals surface area contributed by atoms with Crippen molar-refractivity contribution in [3.8, 4) is 5.75 Å². The first-order valence-electron chi connectivity index (χ1n) is 11.0. The Labute approximate surface area is 191 Å². The monoisotopic (exact) mass is 447 g/mol. The molecule has 1 amide bonds. The highest BCUT2D eigenvalue weighted by Gasteiger charge is 2.51. The molecule has 2 rings (SSSR count). The van der Waals surface area contributed by atoms with Crippen LogP contribution in [0.1, 0.15) is 59.4 Å². The van der Waals surface area contributed by atoms with Gasteiger partial charge in [-0.25, -0.2) is 4.79 Å². The van der Waals surface area contributed by atoms with E-state index in [4.69, 9.17) is 18.9 Å². The van der Waals surface area contributed by atoms with Crippen molar-refractivity contribution in [1.29, 1.82) is 0 Å². The summed E-state index contributed by atoms with van der Waals surface area (Å²) >= 11 is 0. The Morgan fingerprint density at radius 2 is 1.91 bits per heavy atom. The molecule has 1 aliphatic heterocycles. The summed E-state index contributed by atoms with van der Waals surface area (Å²) in [4.78, 5) is 27.9. The van der Waals surface area contributed by atoms with E-state index in [1.807, 2.05) is 58.9 Å². The molecule has 178 valence electrons. The fourth-order valence-corrected chi connectivity index (χ4v) is 4.13. The summed E-state index contributed by atoms with van der Waals surface area (Å²) in [5.74, 6) is -0.571. The largest absolute Gasteiger partial charge is 0.497 e. The normalized spacial score (nSPS) is 19.7. The van der Waals surface area contributed by atoms with Crippen LogP contribution in [-0.4, -0.2) is 54.7 Å². The highest BCUT2D eigenvalue weighted by Crippen LogP contribution is 2.42. The molecule has 1 heterocycles. The molecule has 0 aliphatic carbocycles. The number of amides is 1. The zero-order valence-corrected chi connectivity index (χ0v) is 20.3. The smallest absolute Gasteiger partial charge is 0.412 e. The highest BCUT2D eigenvalue weighted by molar-refractivity contribution is 5.75. The summed E-state index contributed by atoms with van der Waals surface area (Å²) in [5.41, 5.74) is -0.687. The number of allylic oxidation sites excluding steroid dienone is 1. The van der Waals surface area contributed by atoms with Crippen molar-refractivity contribution in [2.45, 2.75) is 71.2 Å². The van der Waals surface area contributed by atoms with E-state index in [0.29, 0.717) is 12.2 Å². The average molecular weight is 448 g/mol. The third-order valence-electron chi connectivity index (χ3n) is 5.47. The number of carbonyl (C=O) groups excluding carboxylic acids is 2. The van der Waals surface area contributed by atoms with Crippen molar-refractivity contribution in [2.75, 3.05) is 20.3 Å². The quantitative estimate of drug-likeness (QED) is 0.417. The second kappa shape index (κ2) is 10.4. The zero-order chi connectivity index (χ0) is 24.1. The van der Waals surface area contributed by atoms with Gasteiger partial charge in [-0.05, 0) is 65.7 Å². The lowest BCUT2D eigenvalue weighted by Crippen LogP contribution is -2.52. The first-order chi connectivity index (χ1) is 14.9. The van der Waals surface area contributed by atoms with Crippen LogP contribution in [0.2, 0.25) is 0 Å². The van der Waals surface area contributed by atoms with E-state index in [0.717, 1.165) is 5.56 Å². The Balaban J connectivity index is 2.58. The van der Waals surface area contributed by atoms with Crippen molar-refractivity contribution in [3.63, 3.8) is 0 Å². The lowest BCUT2D eigenvalue weighted by atomic mass is 9.78. The van der Waals surface area contributed by atoms with Gasteiger partial charge in [0.1, 0.15) is 17.1 Å². The second-order valence-corrected chi connectivity index (χ2v) is 9.36. The molecule has 0 bridgehead atoms. The molecule has 1 aromatic carbocycles. The number of carbonyl (C=O) groups is 2. The third-order valence-corrected chi connectivity index (χ3v) is 5.47. The Hall–Kier alpha value is -2.54. The fraction of sp³-hybridized carbons (Fsp3) is 0.600. The minimum Gasteiger partial charge on any atom is -0.497 e. The van der Waals surface area contributed by atoms with E-state index >= 15 is 0 Å². The van der Waals surface area contributed by atoms with Crippen LogP contribution in [0.25, 0.3) is 0 Å². The minimum atomic E-state index is -0.898. The van der Waals surface area contributed by atoms with Gasteiger partial charge in [0.25, 0.3) is 0 Å². The highest BCUT2D eigenvalue weighted by atomic mass is 16.6. The molecule has 0 saturated carbocycles. The van der Waals surface area contributed by atoms with Crippen LogP contribution in [0.5, 0.6) is 5.75 Å². The number of rotatable bonds is 8. The van der Waals surface area contributed by atoms with E-state index < -0.39 is 35.3 Å². The number of methoxy groups -OCH3 is 1. The molecule has 7 heteroatoms. The number of benzene rings is 1. The van der Waals surface area contributed by atoms with Crippen molar-refractivity contribution >= 4 is 12.1 Å². The summed E-state index contributed by atoms with van der Waals surface area (Å²) in [5, 5.41) is 0. The predicted octanol–water partition coefficient (Wildman–Crippen LogP) is 4.91. The van der Waals surface area contributed by atoms with Crippen LogP contribution < -0.4 is 4.74 Å². The van der Waals surface area contributed by atoms with Crippen LogP contribution in [0, 0.1) is 5.92 Å². The molecule has 1 aliphatic rings. The fourth-order valence-electron chi connectivity index (χ4n) is 4.13. The lowest BCUT2D eigenvalue weighted by Gasteiger charge is -2.39. The van der Waals surface area contributed by atoms with Crippen molar-refractivity contribution in [1.82, 2.24) is 4.90 Å².